The first-order chi connectivity index (χ1) is 12.4. The summed E-state index contributed by atoms with van der Waals surface area (Å²) in [5.41, 5.74) is 12.7. The van der Waals surface area contributed by atoms with E-state index < -0.39 is 5.54 Å². The monoisotopic (exact) mass is 357 g/mol. The van der Waals surface area contributed by atoms with Crippen LogP contribution in [0.4, 0.5) is 17.1 Å². The number of hydrogen-bond donors (Lipinski definition) is 5. The first-order valence-corrected chi connectivity index (χ1v) is 8.39. The summed E-state index contributed by atoms with van der Waals surface area (Å²) in [6, 6.07) is 5.36. The molecule has 2 aromatic rings. The van der Waals surface area contributed by atoms with E-state index in [-0.39, 0.29) is 17.6 Å². The van der Waals surface area contributed by atoms with E-state index in [1.165, 1.54) is 6.20 Å². The molecule has 138 valence electrons. The minimum Gasteiger partial charge on any atom is -0.399 e. The molecular weight excluding hydrogens is 334 g/mol. The summed E-state index contributed by atoms with van der Waals surface area (Å²) in [6.07, 6.45) is 4.26. The zero-order valence-electron chi connectivity index (χ0n) is 14.6. The maximum atomic E-state index is 12.3. The number of likely N-dealkylation sites (N-methyl/N-ethyl adjacent to an activating group) is 1. The number of carbonyl (C=O) groups excluding carboxylic acids is 2. The molecule has 2 heterocycles. The number of amides is 2. The molecule has 2 amide bonds. The molecular formula is C17H23N7O2. The van der Waals surface area contributed by atoms with Gasteiger partial charge in [0.15, 0.2) is 5.82 Å². The number of carbonyl (C=O) groups is 2. The third-order valence-electron chi connectivity index (χ3n) is 4.89. The molecule has 9 heteroatoms. The molecule has 1 aliphatic rings. The Balaban J connectivity index is 1.80. The number of aromatic amines is 1. The number of nitrogen functional groups attached to an aromatic ring is 1. The summed E-state index contributed by atoms with van der Waals surface area (Å²) < 4.78 is 0. The van der Waals surface area contributed by atoms with E-state index in [0.717, 1.165) is 5.69 Å². The van der Waals surface area contributed by atoms with Gasteiger partial charge in [-0.2, -0.15) is 0 Å². The Morgan fingerprint density at radius 3 is 2.62 bits per heavy atom. The maximum absolute atomic E-state index is 12.3. The normalized spacial score (nSPS) is 16.3. The molecule has 0 aliphatic carbocycles. The van der Waals surface area contributed by atoms with Gasteiger partial charge in [-0.05, 0) is 38.1 Å². The lowest BCUT2D eigenvalue weighted by Gasteiger charge is -2.41. The largest absolute Gasteiger partial charge is 0.399 e. The number of nitrogens with zero attached hydrogens (tertiary/aromatic N) is 2. The molecule has 7 N–H and O–H groups in total. The van der Waals surface area contributed by atoms with Crippen molar-refractivity contribution in [2.45, 2.75) is 18.4 Å². The van der Waals surface area contributed by atoms with Crippen LogP contribution in [-0.2, 0) is 4.79 Å². The summed E-state index contributed by atoms with van der Waals surface area (Å²) in [6.45, 7) is 1.24. The Kier molecular flexibility index (Phi) is 4.81. The summed E-state index contributed by atoms with van der Waals surface area (Å²) in [7, 11) is 1.75. The number of aromatic nitrogens is 2. The second-order valence-corrected chi connectivity index (χ2v) is 6.35. The first kappa shape index (κ1) is 17.7. The molecule has 3 rings (SSSR count). The molecule has 1 aromatic heterocycles. The van der Waals surface area contributed by atoms with Gasteiger partial charge >= 0.3 is 0 Å². The highest BCUT2D eigenvalue weighted by Gasteiger charge is 2.38. The number of hydrogen-bond acceptors (Lipinski definition) is 6. The number of benzene rings is 1. The lowest BCUT2D eigenvalue weighted by Crippen LogP contribution is -2.59. The fourth-order valence-electron chi connectivity index (χ4n) is 3.25. The van der Waals surface area contributed by atoms with E-state index in [1.54, 1.807) is 25.4 Å². The summed E-state index contributed by atoms with van der Waals surface area (Å²) in [5, 5.41) is 5.91. The summed E-state index contributed by atoms with van der Waals surface area (Å²) in [4.78, 5) is 33.0. The Morgan fingerprint density at radius 1 is 1.31 bits per heavy atom. The van der Waals surface area contributed by atoms with E-state index in [2.05, 4.69) is 25.5 Å². The van der Waals surface area contributed by atoms with Crippen LogP contribution in [-0.4, -0.2) is 47.5 Å². The van der Waals surface area contributed by atoms with Crippen LogP contribution >= 0.6 is 0 Å². The lowest BCUT2D eigenvalue weighted by molar-refractivity contribution is -0.125. The van der Waals surface area contributed by atoms with Crippen molar-refractivity contribution in [2.75, 3.05) is 36.1 Å². The Hall–Kier alpha value is -3.07. The van der Waals surface area contributed by atoms with Crippen LogP contribution in [0.15, 0.2) is 30.6 Å². The van der Waals surface area contributed by atoms with Crippen molar-refractivity contribution in [1.29, 1.82) is 0 Å². The minimum absolute atomic E-state index is 0.222. The van der Waals surface area contributed by atoms with Crippen LogP contribution in [0.2, 0.25) is 0 Å². The van der Waals surface area contributed by atoms with Crippen LogP contribution in [0.3, 0.4) is 0 Å². The number of rotatable bonds is 5. The number of primary amides is 1. The molecule has 0 saturated carbocycles. The predicted octanol–water partition coefficient (Wildman–Crippen LogP) is 0.288. The van der Waals surface area contributed by atoms with Crippen molar-refractivity contribution in [3.8, 4) is 0 Å². The number of nitrogens with two attached hydrogens (primary N) is 2. The highest BCUT2D eigenvalue weighted by molar-refractivity contribution is 6.04. The Labute approximate surface area is 151 Å². The molecule has 0 spiro atoms. The van der Waals surface area contributed by atoms with Crippen molar-refractivity contribution in [2.24, 2.45) is 5.73 Å². The molecule has 0 unspecified atom stereocenters. The van der Waals surface area contributed by atoms with Gasteiger partial charge in [0, 0.05) is 31.2 Å². The van der Waals surface area contributed by atoms with Crippen LogP contribution in [0.5, 0.6) is 0 Å². The van der Waals surface area contributed by atoms with E-state index in [4.69, 9.17) is 11.5 Å². The Morgan fingerprint density at radius 2 is 2.04 bits per heavy atom. The standard InChI is InChI=1S/C17H23N7O2/c1-20-17(16(19)26)4-8-24(9-5-17)13-3-2-11(18)10-12(13)23-15(25)14-21-6-7-22-14/h2-3,6-7,10,20H,4-5,8-9,18H2,1H3,(H2,19,26)(H,21,22)(H,23,25). The van der Waals surface area contributed by atoms with Crippen molar-refractivity contribution in [1.82, 2.24) is 15.3 Å². The van der Waals surface area contributed by atoms with Gasteiger partial charge in [0.2, 0.25) is 5.91 Å². The third-order valence-corrected chi connectivity index (χ3v) is 4.89. The first-order valence-electron chi connectivity index (χ1n) is 8.39. The molecule has 9 nitrogen and oxygen atoms in total. The van der Waals surface area contributed by atoms with Gasteiger partial charge in [0.1, 0.15) is 5.54 Å². The molecule has 0 atom stereocenters. The minimum atomic E-state index is -0.693. The number of anilines is 3. The fourth-order valence-corrected chi connectivity index (χ4v) is 3.25. The average molecular weight is 357 g/mol. The smallest absolute Gasteiger partial charge is 0.291 e. The molecule has 1 saturated heterocycles. The Bertz CT molecular complexity index is 795. The van der Waals surface area contributed by atoms with Crippen molar-refractivity contribution in [3.63, 3.8) is 0 Å². The quantitative estimate of drug-likeness (QED) is 0.487. The van der Waals surface area contributed by atoms with Gasteiger partial charge in [-0.3, -0.25) is 9.59 Å². The third kappa shape index (κ3) is 3.33. The SMILES string of the molecule is CNC1(C(N)=O)CCN(c2ccc(N)cc2NC(=O)c2ncc[nH]2)CC1. The summed E-state index contributed by atoms with van der Waals surface area (Å²) in [5.74, 6) is -0.469. The van der Waals surface area contributed by atoms with Gasteiger partial charge in [0.05, 0.1) is 11.4 Å². The van der Waals surface area contributed by atoms with Crippen LogP contribution in [0.1, 0.15) is 23.5 Å². The molecule has 0 radical (unpaired) electrons. The van der Waals surface area contributed by atoms with E-state index in [0.29, 0.717) is 37.3 Å². The van der Waals surface area contributed by atoms with Gasteiger partial charge in [0.25, 0.3) is 5.91 Å². The van der Waals surface area contributed by atoms with Crippen LogP contribution in [0, 0.1) is 0 Å². The summed E-state index contributed by atoms with van der Waals surface area (Å²) >= 11 is 0. The zero-order chi connectivity index (χ0) is 18.7. The molecule has 1 aromatic carbocycles. The van der Waals surface area contributed by atoms with E-state index in [9.17, 15) is 9.59 Å². The molecule has 26 heavy (non-hydrogen) atoms. The zero-order valence-corrected chi connectivity index (χ0v) is 14.6. The van der Waals surface area contributed by atoms with Gasteiger partial charge in [-0.15, -0.1) is 0 Å². The molecule has 1 aliphatic heterocycles. The van der Waals surface area contributed by atoms with E-state index >= 15 is 0 Å². The number of imidazole rings is 1. The van der Waals surface area contributed by atoms with Crippen molar-refractivity contribution < 1.29 is 9.59 Å². The maximum Gasteiger partial charge on any atom is 0.291 e. The lowest BCUT2D eigenvalue weighted by atomic mass is 9.86. The van der Waals surface area contributed by atoms with Crippen molar-refractivity contribution >= 4 is 28.9 Å². The highest BCUT2D eigenvalue weighted by Crippen LogP contribution is 2.33. The van der Waals surface area contributed by atoms with E-state index in [1.807, 2.05) is 6.07 Å². The number of H-pyrrole nitrogens is 1. The topological polar surface area (TPSA) is 142 Å². The average Bonchev–Trinajstić information content (AvgIpc) is 3.17. The van der Waals surface area contributed by atoms with Crippen molar-refractivity contribution in [3.05, 3.63) is 36.4 Å². The number of nitrogens with one attached hydrogen (secondary N) is 3. The van der Waals surface area contributed by atoms with Crippen LogP contribution in [0.25, 0.3) is 0 Å². The molecule has 0 bridgehead atoms. The van der Waals surface area contributed by atoms with Gasteiger partial charge in [-0.25, -0.2) is 4.98 Å². The van der Waals surface area contributed by atoms with Gasteiger partial charge < -0.3 is 32.0 Å². The second kappa shape index (κ2) is 7.04. The number of piperidine rings is 1. The second-order valence-electron chi connectivity index (χ2n) is 6.35. The van der Waals surface area contributed by atoms with Crippen LogP contribution < -0.4 is 27.0 Å². The van der Waals surface area contributed by atoms with Gasteiger partial charge in [-0.1, -0.05) is 0 Å². The predicted molar refractivity (Wildman–Crippen MR) is 99.8 cm³/mol. The molecule has 1 fully saturated rings. The highest BCUT2D eigenvalue weighted by atomic mass is 16.2. The fraction of sp³-hybridized carbons (Fsp3) is 0.353.